The Bertz CT molecular complexity index is 377. The number of hydrogen-bond donors (Lipinski definition) is 1. The Morgan fingerprint density at radius 2 is 1.89 bits per heavy atom. The van der Waals surface area contributed by atoms with Gasteiger partial charge >= 0.3 is 0 Å². The van der Waals surface area contributed by atoms with Crippen molar-refractivity contribution in [3.05, 3.63) is 21.3 Å². The van der Waals surface area contributed by atoms with E-state index in [1.54, 1.807) is 11.3 Å². The van der Waals surface area contributed by atoms with Crippen molar-refractivity contribution < 1.29 is 0 Å². The second-order valence-corrected chi connectivity index (χ2v) is 7.52. The lowest BCUT2D eigenvalue weighted by atomic mass is 9.82. The third-order valence-electron chi connectivity index (χ3n) is 4.53. The SMILES string of the molecule is Clc1ccc([C@H](C2CCCCC2)N2CCNCC2)s1. The molecule has 2 aliphatic rings. The lowest BCUT2D eigenvalue weighted by Crippen LogP contribution is -2.47. The fourth-order valence-corrected chi connectivity index (χ4v) is 4.90. The predicted octanol–water partition coefficient (Wildman–Crippen LogP) is 3.93. The average molecular weight is 299 g/mol. The fraction of sp³-hybridized carbons (Fsp3) is 0.733. The van der Waals surface area contributed by atoms with Crippen LogP contribution in [0.2, 0.25) is 4.34 Å². The first kappa shape index (κ1) is 13.9. The minimum absolute atomic E-state index is 0.611. The molecule has 106 valence electrons. The molecule has 3 rings (SSSR count). The Labute approximate surface area is 125 Å². The van der Waals surface area contributed by atoms with Crippen LogP contribution < -0.4 is 5.32 Å². The summed E-state index contributed by atoms with van der Waals surface area (Å²) in [5.74, 6) is 0.835. The van der Waals surface area contributed by atoms with E-state index in [0.717, 1.165) is 23.3 Å². The van der Waals surface area contributed by atoms with Crippen molar-refractivity contribution in [1.29, 1.82) is 0 Å². The topological polar surface area (TPSA) is 15.3 Å². The van der Waals surface area contributed by atoms with Crippen LogP contribution in [0.5, 0.6) is 0 Å². The van der Waals surface area contributed by atoms with E-state index in [1.165, 1.54) is 50.1 Å². The Kier molecular flexibility index (Phi) is 4.80. The zero-order chi connectivity index (χ0) is 13.1. The Balaban J connectivity index is 1.81. The van der Waals surface area contributed by atoms with Crippen molar-refractivity contribution in [2.75, 3.05) is 26.2 Å². The molecule has 0 unspecified atom stereocenters. The first-order valence-electron chi connectivity index (χ1n) is 7.54. The normalized spacial score (nSPS) is 24.5. The van der Waals surface area contributed by atoms with Crippen LogP contribution in [0.4, 0.5) is 0 Å². The van der Waals surface area contributed by atoms with Gasteiger partial charge in [-0.05, 0) is 30.9 Å². The van der Waals surface area contributed by atoms with Crippen LogP contribution in [-0.2, 0) is 0 Å². The van der Waals surface area contributed by atoms with E-state index in [2.05, 4.69) is 22.3 Å². The highest BCUT2D eigenvalue weighted by atomic mass is 35.5. The molecule has 2 nitrogen and oxygen atoms in total. The van der Waals surface area contributed by atoms with Crippen molar-refractivity contribution >= 4 is 22.9 Å². The Morgan fingerprint density at radius 1 is 1.16 bits per heavy atom. The summed E-state index contributed by atoms with van der Waals surface area (Å²) in [6, 6.07) is 4.94. The lowest BCUT2D eigenvalue weighted by Gasteiger charge is -2.40. The van der Waals surface area contributed by atoms with Gasteiger partial charge in [-0.25, -0.2) is 0 Å². The largest absolute Gasteiger partial charge is 0.314 e. The summed E-state index contributed by atoms with van der Waals surface area (Å²) in [5, 5.41) is 3.46. The summed E-state index contributed by atoms with van der Waals surface area (Å²) >= 11 is 7.96. The van der Waals surface area contributed by atoms with Crippen LogP contribution in [0, 0.1) is 5.92 Å². The number of rotatable bonds is 3. The average Bonchev–Trinajstić information content (AvgIpc) is 2.88. The molecule has 0 bridgehead atoms. The van der Waals surface area contributed by atoms with Crippen LogP contribution >= 0.6 is 22.9 Å². The highest BCUT2D eigenvalue weighted by molar-refractivity contribution is 7.16. The maximum atomic E-state index is 6.17. The number of halogens is 1. The van der Waals surface area contributed by atoms with Gasteiger partial charge in [0.05, 0.1) is 4.34 Å². The summed E-state index contributed by atoms with van der Waals surface area (Å²) in [6.45, 7) is 4.61. The molecule has 1 aromatic heterocycles. The quantitative estimate of drug-likeness (QED) is 0.909. The molecule has 1 aromatic rings. The molecule has 1 N–H and O–H groups in total. The van der Waals surface area contributed by atoms with Gasteiger partial charge in [-0.2, -0.15) is 0 Å². The van der Waals surface area contributed by atoms with Crippen LogP contribution in [0.1, 0.15) is 43.0 Å². The first-order valence-corrected chi connectivity index (χ1v) is 8.74. The van der Waals surface area contributed by atoms with E-state index in [9.17, 15) is 0 Å². The van der Waals surface area contributed by atoms with Gasteiger partial charge < -0.3 is 5.32 Å². The minimum atomic E-state index is 0.611. The highest BCUT2D eigenvalue weighted by Crippen LogP contribution is 2.41. The van der Waals surface area contributed by atoms with E-state index in [1.807, 2.05) is 0 Å². The molecule has 2 heterocycles. The van der Waals surface area contributed by atoms with Gasteiger partial charge in [-0.1, -0.05) is 30.9 Å². The molecule has 1 saturated carbocycles. The smallest absolute Gasteiger partial charge is 0.0931 e. The van der Waals surface area contributed by atoms with Gasteiger partial charge in [-0.15, -0.1) is 11.3 Å². The van der Waals surface area contributed by atoms with Crippen LogP contribution in [0.25, 0.3) is 0 Å². The van der Waals surface area contributed by atoms with Crippen LogP contribution in [0.15, 0.2) is 12.1 Å². The van der Waals surface area contributed by atoms with E-state index in [-0.39, 0.29) is 0 Å². The van der Waals surface area contributed by atoms with Gasteiger partial charge in [0.25, 0.3) is 0 Å². The lowest BCUT2D eigenvalue weighted by molar-refractivity contribution is 0.106. The van der Waals surface area contributed by atoms with Gasteiger partial charge in [0.1, 0.15) is 0 Å². The van der Waals surface area contributed by atoms with Crippen molar-refractivity contribution in [1.82, 2.24) is 10.2 Å². The number of piperazine rings is 1. The summed E-state index contributed by atoms with van der Waals surface area (Å²) in [6.07, 6.45) is 7.03. The Morgan fingerprint density at radius 3 is 2.53 bits per heavy atom. The van der Waals surface area contributed by atoms with Gasteiger partial charge in [0, 0.05) is 37.1 Å². The molecule has 4 heteroatoms. The fourth-order valence-electron chi connectivity index (χ4n) is 3.61. The standard InChI is InChI=1S/C15H23ClN2S/c16-14-7-6-13(19-14)15(12-4-2-1-3-5-12)18-10-8-17-9-11-18/h6-7,12,15,17H,1-5,8-11H2/t15-/m0/s1. The van der Waals surface area contributed by atoms with E-state index < -0.39 is 0 Å². The molecule has 1 aliphatic heterocycles. The molecular weight excluding hydrogens is 276 g/mol. The first-order chi connectivity index (χ1) is 9.34. The number of hydrogen-bond acceptors (Lipinski definition) is 3. The molecule has 2 fully saturated rings. The zero-order valence-corrected chi connectivity index (χ0v) is 13.0. The van der Waals surface area contributed by atoms with Crippen LogP contribution in [0.3, 0.4) is 0 Å². The monoisotopic (exact) mass is 298 g/mol. The highest BCUT2D eigenvalue weighted by Gasteiger charge is 2.31. The molecule has 1 atom stereocenters. The number of nitrogens with one attached hydrogen (secondary N) is 1. The molecule has 0 aromatic carbocycles. The van der Waals surface area contributed by atoms with E-state index in [0.29, 0.717) is 6.04 Å². The van der Waals surface area contributed by atoms with Gasteiger partial charge in [0.2, 0.25) is 0 Å². The number of nitrogens with zero attached hydrogens (tertiary/aromatic N) is 1. The summed E-state index contributed by atoms with van der Waals surface area (Å²) in [7, 11) is 0. The minimum Gasteiger partial charge on any atom is -0.314 e. The van der Waals surface area contributed by atoms with Gasteiger partial charge in [0.15, 0.2) is 0 Å². The molecule has 0 radical (unpaired) electrons. The second kappa shape index (κ2) is 6.57. The third-order valence-corrected chi connectivity index (χ3v) is 5.83. The number of thiophene rings is 1. The third kappa shape index (κ3) is 3.33. The van der Waals surface area contributed by atoms with E-state index >= 15 is 0 Å². The van der Waals surface area contributed by atoms with Crippen LogP contribution in [-0.4, -0.2) is 31.1 Å². The molecule has 1 saturated heterocycles. The zero-order valence-electron chi connectivity index (χ0n) is 11.4. The maximum absolute atomic E-state index is 6.17. The second-order valence-electron chi connectivity index (χ2n) is 5.77. The summed E-state index contributed by atoms with van der Waals surface area (Å²) < 4.78 is 0.936. The van der Waals surface area contributed by atoms with Gasteiger partial charge in [-0.3, -0.25) is 4.90 Å². The summed E-state index contributed by atoms with van der Waals surface area (Å²) in [5.41, 5.74) is 0. The Hall–Kier alpha value is -0.0900. The molecule has 0 amide bonds. The maximum Gasteiger partial charge on any atom is 0.0931 e. The van der Waals surface area contributed by atoms with Crippen molar-refractivity contribution in [2.45, 2.75) is 38.1 Å². The molecule has 19 heavy (non-hydrogen) atoms. The predicted molar refractivity (Wildman–Crippen MR) is 83.1 cm³/mol. The molecule has 1 aliphatic carbocycles. The summed E-state index contributed by atoms with van der Waals surface area (Å²) in [4.78, 5) is 4.17. The van der Waals surface area contributed by atoms with Crippen molar-refractivity contribution in [2.24, 2.45) is 5.92 Å². The van der Waals surface area contributed by atoms with E-state index in [4.69, 9.17) is 11.6 Å². The van der Waals surface area contributed by atoms with Crippen molar-refractivity contribution in [3.63, 3.8) is 0 Å². The molecular formula is C15H23ClN2S. The van der Waals surface area contributed by atoms with Crippen molar-refractivity contribution in [3.8, 4) is 0 Å². The molecule has 0 spiro atoms.